The summed E-state index contributed by atoms with van der Waals surface area (Å²) >= 11 is 0. The first-order valence-electron chi connectivity index (χ1n) is 10.5. The Hall–Kier alpha value is -3.51. The maximum absolute atomic E-state index is 13.8. The van der Waals surface area contributed by atoms with Crippen molar-refractivity contribution in [3.05, 3.63) is 82.3 Å². The first-order chi connectivity index (χ1) is 15.0. The van der Waals surface area contributed by atoms with Crippen LogP contribution in [0.2, 0.25) is 0 Å². The van der Waals surface area contributed by atoms with Gasteiger partial charge in [-0.15, -0.1) is 0 Å². The van der Waals surface area contributed by atoms with Crippen LogP contribution in [0.4, 0.5) is 0 Å². The van der Waals surface area contributed by atoms with Crippen LogP contribution in [0, 0.1) is 5.21 Å². The summed E-state index contributed by atoms with van der Waals surface area (Å²) in [6, 6.07) is 14.6. The standard InChI is InChI=1S/C25H23N3O3/c1-26(2)13-7-8-14-27-19-11-5-3-9-16(19)22-23(27)25(30)21-17-10-4-6-12-20(17)28(31)15-18(21)24(22)29/h3-6,9-12,15H,7-8,13-14H2,1-2H3. The molecule has 0 N–H and O–H groups in total. The molecule has 0 aliphatic heterocycles. The van der Waals surface area contributed by atoms with E-state index in [1.807, 2.05) is 42.9 Å². The predicted octanol–water partition coefficient (Wildman–Crippen LogP) is 3.55. The van der Waals surface area contributed by atoms with E-state index in [9.17, 15) is 14.8 Å². The number of ketones is 2. The van der Waals surface area contributed by atoms with E-state index in [4.69, 9.17) is 0 Å². The summed E-state index contributed by atoms with van der Waals surface area (Å²) in [6.07, 6.45) is 3.14. The monoisotopic (exact) mass is 413 g/mol. The Morgan fingerprint density at radius 2 is 1.61 bits per heavy atom. The highest BCUT2D eigenvalue weighted by Crippen LogP contribution is 2.37. The lowest BCUT2D eigenvalue weighted by molar-refractivity contribution is -0.577. The van der Waals surface area contributed by atoms with Gasteiger partial charge in [-0.25, -0.2) is 0 Å². The highest BCUT2D eigenvalue weighted by atomic mass is 16.5. The number of benzene rings is 2. The lowest BCUT2D eigenvalue weighted by Crippen LogP contribution is -2.33. The van der Waals surface area contributed by atoms with Crippen molar-refractivity contribution in [1.29, 1.82) is 0 Å². The van der Waals surface area contributed by atoms with E-state index in [0.29, 0.717) is 39.0 Å². The zero-order valence-corrected chi connectivity index (χ0v) is 17.6. The molecule has 4 aromatic rings. The van der Waals surface area contributed by atoms with Crippen LogP contribution in [-0.2, 0) is 6.54 Å². The van der Waals surface area contributed by atoms with Crippen molar-refractivity contribution in [2.24, 2.45) is 0 Å². The van der Waals surface area contributed by atoms with Gasteiger partial charge >= 0.3 is 0 Å². The molecule has 1 aliphatic carbocycles. The van der Waals surface area contributed by atoms with E-state index in [-0.39, 0.29) is 17.1 Å². The number of pyridine rings is 1. The molecule has 0 amide bonds. The molecule has 0 spiro atoms. The summed E-state index contributed by atoms with van der Waals surface area (Å²) in [7, 11) is 4.08. The van der Waals surface area contributed by atoms with E-state index in [1.165, 1.54) is 6.20 Å². The van der Waals surface area contributed by atoms with Crippen LogP contribution in [-0.4, -0.2) is 41.7 Å². The normalized spacial score (nSPS) is 13.3. The van der Waals surface area contributed by atoms with E-state index in [0.717, 1.165) is 30.3 Å². The van der Waals surface area contributed by atoms with Crippen molar-refractivity contribution in [2.45, 2.75) is 19.4 Å². The second-order valence-electron chi connectivity index (χ2n) is 8.32. The van der Waals surface area contributed by atoms with Crippen LogP contribution in [0.25, 0.3) is 21.8 Å². The van der Waals surface area contributed by atoms with Crippen molar-refractivity contribution >= 4 is 33.4 Å². The molecule has 6 heteroatoms. The van der Waals surface area contributed by atoms with Crippen LogP contribution in [0.15, 0.2) is 54.7 Å². The molecular weight excluding hydrogens is 390 g/mol. The second-order valence-corrected chi connectivity index (χ2v) is 8.32. The summed E-state index contributed by atoms with van der Waals surface area (Å²) in [6.45, 7) is 1.62. The molecule has 0 saturated heterocycles. The molecule has 5 rings (SSSR count). The van der Waals surface area contributed by atoms with Crippen LogP contribution < -0.4 is 4.73 Å². The fourth-order valence-electron chi connectivity index (χ4n) is 4.64. The van der Waals surface area contributed by atoms with E-state index < -0.39 is 0 Å². The second kappa shape index (κ2) is 7.32. The third kappa shape index (κ3) is 2.94. The van der Waals surface area contributed by atoms with Gasteiger partial charge in [0.1, 0.15) is 5.69 Å². The van der Waals surface area contributed by atoms with Crippen molar-refractivity contribution in [2.75, 3.05) is 20.6 Å². The number of aromatic nitrogens is 2. The summed E-state index contributed by atoms with van der Waals surface area (Å²) in [4.78, 5) is 29.5. The highest BCUT2D eigenvalue weighted by Gasteiger charge is 2.38. The summed E-state index contributed by atoms with van der Waals surface area (Å²) < 4.78 is 2.68. The van der Waals surface area contributed by atoms with Gasteiger partial charge in [-0.05, 0) is 45.6 Å². The Labute approximate surface area is 179 Å². The molecule has 1 aliphatic rings. The van der Waals surface area contributed by atoms with Gasteiger partial charge in [0.15, 0.2) is 6.20 Å². The molecule has 2 aromatic heterocycles. The van der Waals surface area contributed by atoms with Crippen LogP contribution >= 0.6 is 0 Å². The SMILES string of the molecule is CN(C)CCCCn1c2c(c3ccccc31)C(=O)c1c[n+]([O-])c3ccccc3c1C2=O. The van der Waals surface area contributed by atoms with Crippen LogP contribution in [0.5, 0.6) is 0 Å². The number of carbonyl (C=O) groups is 2. The number of para-hydroxylation sites is 2. The minimum absolute atomic E-state index is 0.182. The Kier molecular flexibility index (Phi) is 4.59. The molecule has 0 saturated carbocycles. The smallest absolute Gasteiger partial charge is 0.224 e. The minimum atomic E-state index is -0.261. The zero-order chi connectivity index (χ0) is 21.7. The number of nitrogens with zero attached hydrogens (tertiary/aromatic N) is 3. The fraction of sp³-hybridized carbons (Fsp3) is 0.240. The maximum atomic E-state index is 13.8. The van der Waals surface area contributed by atoms with Crippen LogP contribution in [0.1, 0.15) is 44.8 Å². The third-order valence-corrected chi connectivity index (χ3v) is 6.05. The van der Waals surface area contributed by atoms with Gasteiger partial charge in [-0.3, -0.25) is 9.59 Å². The van der Waals surface area contributed by atoms with Gasteiger partial charge in [0, 0.05) is 23.5 Å². The van der Waals surface area contributed by atoms with Crippen molar-refractivity contribution in [1.82, 2.24) is 9.47 Å². The molecule has 0 atom stereocenters. The molecule has 2 aromatic carbocycles. The molecule has 0 fully saturated rings. The van der Waals surface area contributed by atoms with Crippen molar-refractivity contribution in [3.8, 4) is 0 Å². The Morgan fingerprint density at radius 3 is 2.39 bits per heavy atom. The first kappa shape index (κ1) is 19.5. The minimum Gasteiger partial charge on any atom is -0.618 e. The zero-order valence-electron chi connectivity index (χ0n) is 17.6. The van der Waals surface area contributed by atoms with E-state index >= 15 is 0 Å². The van der Waals surface area contributed by atoms with E-state index in [1.54, 1.807) is 24.3 Å². The van der Waals surface area contributed by atoms with Gasteiger partial charge in [0.05, 0.1) is 22.1 Å². The Balaban J connectivity index is 1.72. The van der Waals surface area contributed by atoms with E-state index in [2.05, 4.69) is 4.90 Å². The Bertz CT molecular complexity index is 1370. The number of aryl methyl sites for hydroxylation is 1. The average molecular weight is 413 g/mol. The molecule has 0 bridgehead atoms. The van der Waals surface area contributed by atoms with Gasteiger partial charge < -0.3 is 14.7 Å². The van der Waals surface area contributed by atoms with Gasteiger partial charge in [-0.1, -0.05) is 30.3 Å². The topological polar surface area (TPSA) is 69.2 Å². The molecule has 6 nitrogen and oxygen atoms in total. The summed E-state index contributed by atoms with van der Waals surface area (Å²) in [5.74, 6) is -0.451. The van der Waals surface area contributed by atoms with Gasteiger partial charge in [0.25, 0.3) is 0 Å². The molecule has 0 unspecified atom stereocenters. The lowest BCUT2D eigenvalue weighted by Gasteiger charge is -2.19. The summed E-state index contributed by atoms with van der Waals surface area (Å²) in [5, 5.41) is 13.8. The van der Waals surface area contributed by atoms with Gasteiger partial charge in [-0.2, -0.15) is 4.73 Å². The first-order valence-corrected chi connectivity index (χ1v) is 10.5. The lowest BCUT2D eigenvalue weighted by atomic mass is 9.85. The third-order valence-electron chi connectivity index (χ3n) is 6.05. The fourth-order valence-corrected chi connectivity index (χ4v) is 4.64. The van der Waals surface area contributed by atoms with Gasteiger partial charge in [0.2, 0.25) is 17.1 Å². The maximum Gasteiger partial charge on any atom is 0.224 e. The number of fused-ring (bicyclic) bond motifs is 6. The van der Waals surface area contributed by atoms with Crippen molar-refractivity contribution < 1.29 is 14.3 Å². The number of hydrogen-bond acceptors (Lipinski definition) is 4. The number of rotatable bonds is 5. The largest absolute Gasteiger partial charge is 0.618 e. The molecule has 31 heavy (non-hydrogen) atoms. The number of carbonyl (C=O) groups excluding carboxylic acids is 2. The predicted molar refractivity (Wildman–Crippen MR) is 119 cm³/mol. The molecule has 2 heterocycles. The number of unbranched alkanes of at least 4 members (excludes halogenated alkanes) is 1. The highest BCUT2D eigenvalue weighted by molar-refractivity contribution is 6.34. The Morgan fingerprint density at radius 1 is 0.903 bits per heavy atom. The van der Waals surface area contributed by atoms with Crippen LogP contribution in [0.3, 0.4) is 0 Å². The molecule has 156 valence electrons. The quantitative estimate of drug-likeness (QED) is 0.251. The number of hydrogen-bond donors (Lipinski definition) is 0. The molecular formula is C25H23N3O3. The molecule has 0 radical (unpaired) electrons. The average Bonchev–Trinajstić information content (AvgIpc) is 3.10. The summed E-state index contributed by atoms with van der Waals surface area (Å²) in [5.41, 5.74) is 2.64. The van der Waals surface area contributed by atoms with Crippen molar-refractivity contribution in [3.63, 3.8) is 0 Å².